The summed E-state index contributed by atoms with van der Waals surface area (Å²) < 4.78 is 7.83. The molecule has 0 unspecified atom stereocenters. The van der Waals surface area contributed by atoms with Crippen molar-refractivity contribution in [1.29, 1.82) is 0 Å². The van der Waals surface area contributed by atoms with E-state index in [1.54, 1.807) is 38.3 Å². The maximum atomic E-state index is 12.4. The molecule has 0 bridgehead atoms. The summed E-state index contributed by atoms with van der Waals surface area (Å²) in [7, 11) is 1.59. The van der Waals surface area contributed by atoms with Crippen molar-refractivity contribution in [1.82, 2.24) is 24.8 Å². The number of hydrogen-bond acceptors (Lipinski definition) is 6. The predicted octanol–water partition coefficient (Wildman–Crippen LogP) is 1.52. The average Bonchev–Trinajstić information content (AvgIpc) is 3.20. The zero-order valence-corrected chi connectivity index (χ0v) is 14.2. The van der Waals surface area contributed by atoms with Crippen LogP contribution in [0.1, 0.15) is 33.5 Å². The van der Waals surface area contributed by atoms with Gasteiger partial charge in [0.05, 0.1) is 31.6 Å². The van der Waals surface area contributed by atoms with Gasteiger partial charge in [0.1, 0.15) is 5.75 Å². The van der Waals surface area contributed by atoms with E-state index in [0.717, 1.165) is 22.7 Å². The summed E-state index contributed by atoms with van der Waals surface area (Å²) in [5.41, 5.74) is 2.39. The van der Waals surface area contributed by atoms with Crippen LogP contribution in [0, 0.1) is 13.8 Å². The monoisotopic (exact) mass is 341 g/mol. The Labute approximate surface area is 144 Å². The van der Waals surface area contributed by atoms with E-state index in [9.17, 15) is 9.90 Å². The SMILES string of the molecule is COc1ccc([C@@H](O)Cn2cc(C(=O)n3nc(C)cc3C)nn2)cc1. The van der Waals surface area contributed by atoms with Crippen molar-refractivity contribution < 1.29 is 14.6 Å². The van der Waals surface area contributed by atoms with E-state index in [1.807, 2.05) is 13.0 Å². The number of aliphatic hydroxyl groups is 1. The fraction of sp³-hybridized carbons (Fsp3) is 0.294. The van der Waals surface area contributed by atoms with Gasteiger partial charge in [0, 0.05) is 5.69 Å². The van der Waals surface area contributed by atoms with Crippen molar-refractivity contribution in [2.75, 3.05) is 7.11 Å². The molecule has 8 heteroatoms. The molecule has 3 aromatic rings. The maximum Gasteiger partial charge on any atom is 0.300 e. The molecular formula is C17H19N5O3. The molecule has 0 amide bonds. The van der Waals surface area contributed by atoms with E-state index in [0.29, 0.717) is 0 Å². The lowest BCUT2D eigenvalue weighted by atomic mass is 10.1. The number of carbonyl (C=O) groups is 1. The lowest BCUT2D eigenvalue weighted by Gasteiger charge is -2.11. The molecule has 2 heterocycles. The molecule has 1 N–H and O–H groups in total. The van der Waals surface area contributed by atoms with E-state index in [-0.39, 0.29) is 18.1 Å². The smallest absolute Gasteiger partial charge is 0.300 e. The van der Waals surface area contributed by atoms with Gasteiger partial charge in [0.2, 0.25) is 0 Å². The molecule has 0 spiro atoms. The van der Waals surface area contributed by atoms with E-state index in [2.05, 4.69) is 15.4 Å². The van der Waals surface area contributed by atoms with Crippen molar-refractivity contribution >= 4 is 5.91 Å². The largest absolute Gasteiger partial charge is 0.497 e. The highest BCUT2D eigenvalue weighted by atomic mass is 16.5. The summed E-state index contributed by atoms with van der Waals surface area (Å²) in [6, 6.07) is 8.93. The van der Waals surface area contributed by atoms with Crippen LogP contribution in [0.15, 0.2) is 36.5 Å². The number of aryl methyl sites for hydroxylation is 2. The highest BCUT2D eigenvalue weighted by Crippen LogP contribution is 2.19. The second-order valence-electron chi connectivity index (χ2n) is 5.76. The van der Waals surface area contributed by atoms with Gasteiger partial charge in [-0.2, -0.15) is 9.78 Å². The Morgan fingerprint density at radius 3 is 2.60 bits per heavy atom. The third-order valence-corrected chi connectivity index (χ3v) is 3.82. The number of rotatable bonds is 5. The molecule has 1 aromatic carbocycles. The number of aromatic nitrogens is 5. The topological polar surface area (TPSA) is 95.1 Å². The van der Waals surface area contributed by atoms with Gasteiger partial charge in [0.25, 0.3) is 0 Å². The summed E-state index contributed by atoms with van der Waals surface area (Å²) in [5, 5.41) is 22.3. The Morgan fingerprint density at radius 2 is 2.00 bits per heavy atom. The minimum Gasteiger partial charge on any atom is -0.497 e. The highest BCUT2D eigenvalue weighted by Gasteiger charge is 2.18. The van der Waals surface area contributed by atoms with Crippen LogP contribution in [-0.2, 0) is 6.54 Å². The minimum absolute atomic E-state index is 0.174. The van der Waals surface area contributed by atoms with E-state index in [4.69, 9.17) is 4.74 Å². The quantitative estimate of drug-likeness (QED) is 0.756. The van der Waals surface area contributed by atoms with Gasteiger partial charge in [-0.05, 0) is 37.6 Å². The number of carbonyl (C=O) groups excluding carboxylic acids is 1. The molecule has 0 aliphatic carbocycles. The van der Waals surface area contributed by atoms with Crippen LogP contribution in [0.3, 0.4) is 0 Å². The van der Waals surface area contributed by atoms with Crippen LogP contribution >= 0.6 is 0 Å². The molecule has 25 heavy (non-hydrogen) atoms. The third kappa shape index (κ3) is 3.58. The Hall–Kier alpha value is -3.00. The van der Waals surface area contributed by atoms with Gasteiger partial charge in [0.15, 0.2) is 5.69 Å². The predicted molar refractivity (Wildman–Crippen MR) is 89.4 cm³/mol. The molecule has 0 aliphatic rings. The summed E-state index contributed by atoms with van der Waals surface area (Å²) in [5.74, 6) is 0.366. The third-order valence-electron chi connectivity index (χ3n) is 3.82. The Kier molecular flexibility index (Phi) is 4.62. The average molecular weight is 341 g/mol. The van der Waals surface area contributed by atoms with Gasteiger partial charge < -0.3 is 9.84 Å². The standard InChI is InChI=1S/C17H19N5O3/c1-11-8-12(2)22(19-11)17(24)15-9-21(20-18-15)10-16(23)13-4-6-14(25-3)7-5-13/h4-9,16,23H,10H2,1-3H3/t16-/m0/s1. The molecular weight excluding hydrogens is 322 g/mol. The maximum absolute atomic E-state index is 12.4. The number of methoxy groups -OCH3 is 1. The Morgan fingerprint density at radius 1 is 1.28 bits per heavy atom. The first-order valence-electron chi connectivity index (χ1n) is 7.78. The molecule has 2 aromatic heterocycles. The first-order chi connectivity index (χ1) is 12.0. The van der Waals surface area contributed by atoms with Crippen LogP contribution < -0.4 is 4.74 Å². The molecule has 1 atom stereocenters. The first kappa shape index (κ1) is 16.8. The van der Waals surface area contributed by atoms with Crippen molar-refractivity contribution in [2.24, 2.45) is 0 Å². The number of aliphatic hydroxyl groups excluding tert-OH is 1. The Balaban J connectivity index is 1.72. The normalized spacial score (nSPS) is 12.2. The molecule has 0 aliphatic heterocycles. The summed E-state index contributed by atoms with van der Waals surface area (Å²) >= 11 is 0. The molecule has 0 radical (unpaired) electrons. The van der Waals surface area contributed by atoms with Crippen molar-refractivity contribution in [3.8, 4) is 5.75 Å². The molecule has 0 saturated heterocycles. The zero-order chi connectivity index (χ0) is 18.0. The van der Waals surface area contributed by atoms with Gasteiger partial charge in [-0.15, -0.1) is 5.10 Å². The van der Waals surface area contributed by atoms with Crippen molar-refractivity contribution in [2.45, 2.75) is 26.5 Å². The number of ether oxygens (including phenoxy) is 1. The van der Waals surface area contributed by atoms with E-state index in [1.165, 1.54) is 15.6 Å². The Bertz CT molecular complexity index is 882. The fourth-order valence-electron chi connectivity index (χ4n) is 2.54. The zero-order valence-electron chi connectivity index (χ0n) is 14.2. The summed E-state index contributed by atoms with van der Waals surface area (Å²) in [6.07, 6.45) is 0.732. The fourth-order valence-corrected chi connectivity index (χ4v) is 2.54. The van der Waals surface area contributed by atoms with Crippen LogP contribution in [0.2, 0.25) is 0 Å². The summed E-state index contributed by atoms with van der Waals surface area (Å²) in [4.78, 5) is 12.4. The summed E-state index contributed by atoms with van der Waals surface area (Å²) in [6.45, 7) is 3.80. The molecule has 3 rings (SSSR count). The second kappa shape index (κ2) is 6.86. The first-order valence-corrected chi connectivity index (χ1v) is 7.78. The van der Waals surface area contributed by atoms with Gasteiger partial charge >= 0.3 is 5.91 Å². The molecule has 0 saturated carbocycles. The van der Waals surface area contributed by atoms with Crippen LogP contribution in [0.5, 0.6) is 5.75 Å². The van der Waals surface area contributed by atoms with Gasteiger partial charge in [-0.1, -0.05) is 17.3 Å². The van der Waals surface area contributed by atoms with Gasteiger partial charge in [-0.25, -0.2) is 4.68 Å². The van der Waals surface area contributed by atoms with Crippen LogP contribution in [-0.4, -0.2) is 42.9 Å². The second-order valence-corrected chi connectivity index (χ2v) is 5.76. The van der Waals surface area contributed by atoms with Gasteiger partial charge in [-0.3, -0.25) is 4.79 Å². The van der Waals surface area contributed by atoms with Crippen molar-refractivity contribution in [3.05, 3.63) is 59.2 Å². The molecule has 8 nitrogen and oxygen atoms in total. The number of hydrogen-bond donors (Lipinski definition) is 1. The lowest BCUT2D eigenvalue weighted by molar-refractivity contribution is 0.0937. The van der Waals surface area contributed by atoms with Crippen LogP contribution in [0.25, 0.3) is 0 Å². The lowest BCUT2D eigenvalue weighted by Crippen LogP contribution is -2.15. The highest BCUT2D eigenvalue weighted by molar-refractivity contribution is 5.93. The number of nitrogens with zero attached hydrogens (tertiary/aromatic N) is 5. The minimum atomic E-state index is -0.774. The molecule has 130 valence electrons. The van der Waals surface area contributed by atoms with Crippen LogP contribution in [0.4, 0.5) is 0 Å². The van der Waals surface area contributed by atoms with Crippen molar-refractivity contribution in [3.63, 3.8) is 0 Å². The number of benzene rings is 1. The molecule has 0 fully saturated rings. The van der Waals surface area contributed by atoms with E-state index < -0.39 is 6.10 Å². The van der Waals surface area contributed by atoms with E-state index >= 15 is 0 Å².